The van der Waals surface area contributed by atoms with Gasteiger partial charge in [0.15, 0.2) is 0 Å². The number of carbonyl (C=O) groups is 4. The zero-order valence-corrected chi connectivity index (χ0v) is 16.6. The molecule has 1 aromatic carbocycles. The Hall–Kier alpha value is -3.84. The molecule has 7 N–H and O–H groups in total. The summed E-state index contributed by atoms with van der Waals surface area (Å²) >= 11 is 0. The topological polar surface area (TPSA) is 186 Å². The van der Waals surface area contributed by atoms with Gasteiger partial charge >= 0.3 is 24.1 Å². The number of alkyl halides is 3. The first-order valence-corrected chi connectivity index (χ1v) is 9.15. The molecule has 176 valence electrons. The van der Waals surface area contributed by atoms with E-state index in [4.69, 9.17) is 26.2 Å². The Kier molecular flexibility index (Phi) is 9.43. The van der Waals surface area contributed by atoms with Crippen molar-refractivity contribution < 1.29 is 42.6 Å². The Balaban J connectivity index is 0.000000633. The Morgan fingerprint density at radius 2 is 1.75 bits per heavy atom. The summed E-state index contributed by atoms with van der Waals surface area (Å²) in [7, 11) is 0. The highest BCUT2D eigenvalue weighted by Crippen LogP contribution is 2.22. The molecule has 2 rings (SSSR count). The number of hydrogen-bond acceptors (Lipinski definition) is 5. The average Bonchev–Trinajstić information content (AvgIpc) is 3.05. The van der Waals surface area contributed by atoms with E-state index in [-0.39, 0.29) is 24.7 Å². The number of carboxylic acid groups (broad SMARTS) is 2. The lowest BCUT2D eigenvalue weighted by atomic mass is 10.2. The number of rotatable bonds is 7. The van der Waals surface area contributed by atoms with Crippen LogP contribution in [0.1, 0.15) is 24.8 Å². The minimum atomic E-state index is -5.08. The summed E-state index contributed by atoms with van der Waals surface area (Å²) in [4.78, 5) is 45.1. The van der Waals surface area contributed by atoms with Crippen LogP contribution in [0.4, 0.5) is 23.7 Å². The number of amidine groups is 1. The van der Waals surface area contributed by atoms with Gasteiger partial charge in [0, 0.05) is 30.8 Å². The SMILES string of the molecule is N=C(N)c1ccc(N2CC[C@@H](NC(=O)NCCCC(=O)O)C2=O)cc1.O=C(O)C(F)(F)F. The van der Waals surface area contributed by atoms with E-state index < -0.39 is 30.2 Å². The smallest absolute Gasteiger partial charge is 0.481 e. The zero-order chi connectivity index (χ0) is 24.5. The molecule has 1 aromatic rings. The molecule has 0 unspecified atom stereocenters. The molecular weight excluding hydrogens is 439 g/mol. The van der Waals surface area contributed by atoms with Crippen LogP contribution < -0.4 is 21.3 Å². The predicted octanol–water partition coefficient (Wildman–Crippen LogP) is 0.873. The van der Waals surface area contributed by atoms with Gasteiger partial charge in [-0.3, -0.25) is 15.0 Å². The van der Waals surface area contributed by atoms with E-state index in [9.17, 15) is 27.6 Å². The molecule has 1 aliphatic heterocycles. The summed E-state index contributed by atoms with van der Waals surface area (Å²) in [6, 6.07) is 5.65. The molecule has 1 atom stereocenters. The zero-order valence-electron chi connectivity index (χ0n) is 16.6. The van der Waals surface area contributed by atoms with E-state index in [0.29, 0.717) is 30.6 Å². The van der Waals surface area contributed by atoms with Crippen molar-refractivity contribution in [3.05, 3.63) is 29.8 Å². The third-order valence-electron chi connectivity index (χ3n) is 4.10. The van der Waals surface area contributed by atoms with Crippen molar-refractivity contribution in [2.24, 2.45) is 5.73 Å². The molecule has 1 heterocycles. The number of aliphatic carboxylic acids is 2. The van der Waals surface area contributed by atoms with Gasteiger partial charge in [-0.25, -0.2) is 9.59 Å². The van der Waals surface area contributed by atoms with Crippen molar-refractivity contribution in [1.82, 2.24) is 10.6 Å². The monoisotopic (exact) mass is 461 g/mol. The minimum absolute atomic E-state index is 0.0212. The Morgan fingerprint density at radius 3 is 2.22 bits per heavy atom. The predicted molar refractivity (Wildman–Crippen MR) is 105 cm³/mol. The highest BCUT2D eigenvalue weighted by molar-refractivity contribution is 6.02. The van der Waals surface area contributed by atoms with Crippen molar-refractivity contribution in [2.45, 2.75) is 31.5 Å². The molecule has 0 saturated carbocycles. The number of amides is 3. The molecule has 0 aliphatic carbocycles. The lowest BCUT2D eigenvalue weighted by Crippen LogP contribution is -2.46. The first kappa shape index (κ1) is 26.2. The summed E-state index contributed by atoms with van der Waals surface area (Å²) in [5, 5.41) is 28.2. The largest absolute Gasteiger partial charge is 0.490 e. The molecule has 1 fully saturated rings. The molecule has 32 heavy (non-hydrogen) atoms. The number of hydrogen-bond donors (Lipinski definition) is 6. The fourth-order valence-corrected chi connectivity index (χ4v) is 2.54. The first-order chi connectivity index (χ1) is 14.8. The van der Waals surface area contributed by atoms with Crippen molar-refractivity contribution in [2.75, 3.05) is 18.0 Å². The van der Waals surface area contributed by atoms with E-state index >= 15 is 0 Å². The van der Waals surface area contributed by atoms with Crippen LogP contribution in [0.5, 0.6) is 0 Å². The normalized spacial score (nSPS) is 15.4. The van der Waals surface area contributed by atoms with Gasteiger partial charge in [-0.15, -0.1) is 0 Å². The van der Waals surface area contributed by atoms with Crippen LogP contribution >= 0.6 is 0 Å². The number of benzene rings is 1. The molecule has 0 spiro atoms. The van der Waals surface area contributed by atoms with Crippen LogP contribution in [0.25, 0.3) is 0 Å². The van der Waals surface area contributed by atoms with Crippen LogP contribution in [0, 0.1) is 5.41 Å². The summed E-state index contributed by atoms with van der Waals surface area (Å²) in [5.74, 6) is -3.93. The van der Waals surface area contributed by atoms with Gasteiger partial charge in [-0.1, -0.05) is 0 Å². The maximum absolute atomic E-state index is 12.4. The van der Waals surface area contributed by atoms with Gasteiger partial charge in [0.25, 0.3) is 0 Å². The number of nitrogens with two attached hydrogens (primary N) is 1. The molecule has 3 amide bonds. The van der Waals surface area contributed by atoms with E-state index in [0.717, 1.165) is 0 Å². The summed E-state index contributed by atoms with van der Waals surface area (Å²) in [5.41, 5.74) is 6.66. The highest BCUT2D eigenvalue weighted by atomic mass is 19.4. The van der Waals surface area contributed by atoms with Crippen molar-refractivity contribution in [1.29, 1.82) is 5.41 Å². The Labute approximate surface area is 179 Å². The first-order valence-electron chi connectivity index (χ1n) is 9.15. The number of nitrogens with one attached hydrogen (secondary N) is 3. The van der Waals surface area contributed by atoms with Crippen LogP contribution in [-0.2, 0) is 14.4 Å². The quantitative estimate of drug-likeness (QED) is 0.197. The number of halogens is 3. The second-order valence-electron chi connectivity index (χ2n) is 6.49. The van der Waals surface area contributed by atoms with E-state index in [1.54, 1.807) is 29.2 Å². The highest BCUT2D eigenvalue weighted by Gasteiger charge is 2.38. The van der Waals surface area contributed by atoms with Gasteiger partial charge < -0.3 is 31.5 Å². The molecule has 0 bridgehead atoms. The van der Waals surface area contributed by atoms with Crippen LogP contribution in [-0.4, -0.2) is 65.2 Å². The number of nitrogen functional groups attached to an aromatic ring is 1. The fraction of sp³-hybridized carbons (Fsp3) is 0.389. The minimum Gasteiger partial charge on any atom is -0.481 e. The number of urea groups is 1. The van der Waals surface area contributed by atoms with Crippen molar-refractivity contribution in [3.63, 3.8) is 0 Å². The van der Waals surface area contributed by atoms with E-state index in [1.807, 2.05) is 0 Å². The summed E-state index contributed by atoms with van der Waals surface area (Å²) in [6.45, 7) is 0.706. The number of carboxylic acids is 2. The molecule has 11 nitrogen and oxygen atoms in total. The van der Waals surface area contributed by atoms with Gasteiger partial charge in [0.1, 0.15) is 11.9 Å². The molecule has 1 saturated heterocycles. The molecule has 0 aromatic heterocycles. The van der Waals surface area contributed by atoms with Crippen molar-refractivity contribution in [3.8, 4) is 0 Å². The summed E-state index contributed by atoms with van der Waals surface area (Å²) < 4.78 is 31.7. The van der Waals surface area contributed by atoms with Gasteiger partial charge in [-0.05, 0) is 37.1 Å². The van der Waals surface area contributed by atoms with Crippen molar-refractivity contribution >= 4 is 35.4 Å². The van der Waals surface area contributed by atoms with Crippen LogP contribution in [0.2, 0.25) is 0 Å². The van der Waals surface area contributed by atoms with Gasteiger partial charge in [0.2, 0.25) is 5.91 Å². The number of nitrogens with zero attached hydrogens (tertiary/aromatic N) is 1. The lowest BCUT2D eigenvalue weighted by Gasteiger charge is -2.17. The van der Waals surface area contributed by atoms with E-state index in [2.05, 4.69) is 10.6 Å². The lowest BCUT2D eigenvalue weighted by molar-refractivity contribution is -0.192. The number of carbonyl (C=O) groups excluding carboxylic acids is 2. The van der Waals surface area contributed by atoms with Gasteiger partial charge in [0.05, 0.1) is 0 Å². The second-order valence-corrected chi connectivity index (χ2v) is 6.49. The van der Waals surface area contributed by atoms with Gasteiger partial charge in [-0.2, -0.15) is 13.2 Å². The maximum atomic E-state index is 12.4. The molecule has 14 heteroatoms. The molecule has 1 aliphatic rings. The van der Waals surface area contributed by atoms with Crippen LogP contribution in [0.15, 0.2) is 24.3 Å². The maximum Gasteiger partial charge on any atom is 0.490 e. The third kappa shape index (κ3) is 8.49. The Morgan fingerprint density at radius 1 is 1.19 bits per heavy atom. The third-order valence-corrected chi connectivity index (χ3v) is 4.10. The van der Waals surface area contributed by atoms with E-state index in [1.165, 1.54) is 0 Å². The standard InChI is InChI=1S/C16H21N5O4.C2HF3O2/c17-14(18)10-3-5-11(6-4-10)21-9-7-12(15(21)24)20-16(25)19-8-1-2-13(22)23;3-2(4,5)1(6)7/h3-6,12H,1-2,7-9H2,(H3,17,18)(H,22,23)(H2,19,20,25);(H,6,7)/t12-;/m1./s1. The summed E-state index contributed by atoms with van der Waals surface area (Å²) in [6.07, 6.45) is -4.29. The second kappa shape index (κ2) is 11.5. The Bertz CT molecular complexity index is 860. The fourth-order valence-electron chi connectivity index (χ4n) is 2.54. The van der Waals surface area contributed by atoms with Crippen LogP contribution in [0.3, 0.4) is 0 Å². The average molecular weight is 461 g/mol. The number of anilines is 1. The molecular formula is C18H22F3N5O6. The molecule has 0 radical (unpaired) electrons.